The minimum atomic E-state index is -0.774. The van der Waals surface area contributed by atoms with Crippen LogP contribution in [-0.2, 0) is 14.3 Å². The molecule has 1 N–H and O–H groups in total. The summed E-state index contributed by atoms with van der Waals surface area (Å²) in [5, 5.41) is 10.6. The second kappa shape index (κ2) is 14.2. The Morgan fingerprint density at radius 1 is 1.03 bits per heavy atom. The largest absolute Gasteiger partial charge is 0.481 e. The third-order valence-electron chi connectivity index (χ3n) is 5.13. The maximum atomic E-state index is 11.4. The van der Waals surface area contributed by atoms with Crippen LogP contribution in [0, 0.1) is 0 Å². The molecule has 3 rings (SSSR count). The van der Waals surface area contributed by atoms with Crippen LogP contribution in [0.2, 0.25) is 5.02 Å². The Hall–Kier alpha value is -2.48. The Kier molecular flexibility index (Phi) is 11.0. The van der Waals surface area contributed by atoms with Crippen molar-refractivity contribution in [2.45, 2.75) is 30.3 Å². The number of rotatable bonds is 13. The monoisotopic (exact) mass is 529 g/mol. The van der Waals surface area contributed by atoms with Gasteiger partial charge in [-0.1, -0.05) is 48.0 Å². The molecule has 3 aromatic rings. The summed E-state index contributed by atoms with van der Waals surface area (Å²) in [4.78, 5) is 27.0. The van der Waals surface area contributed by atoms with Crippen molar-refractivity contribution in [3.05, 3.63) is 76.4 Å². The molecule has 35 heavy (non-hydrogen) atoms. The van der Waals surface area contributed by atoms with Crippen molar-refractivity contribution in [3.63, 3.8) is 0 Å². The summed E-state index contributed by atoms with van der Waals surface area (Å²) in [6, 6.07) is 18.0. The highest BCUT2D eigenvalue weighted by Gasteiger charge is 2.14. The van der Waals surface area contributed by atoms with Gasteiger partial charge in [-0.05, 0) is 65.8 Å². The van der Waals surface area contributed by atoms with Gasteiger partial charge in [-0.2, -0.15) is 0 Å². The molecule has 184 valence electrons. The second-order valence-electron chi connectivity index (χ2n) is 7.83. The molecule has 2 aromatic carbocycles. The van der Waals surface area contributed by atoms with Gasteiger partial charge in [-0.15, -0.1) is 23.5 Å². The van der Waals surface area contributed by atoms with Crippen molar-refractivity contribution in [1.29, 1.82) is 0 Å². The number of ether oxygens (including phenoxy) is 1. The Labute approximate surface area is 219 Å². The quantitative estimate of drug-likeness (QED) is 0.141. The van der Waals surface area contributed by atoms with Crippen molar-refractivity contribution in [1.82, 2.24) is 4.98 Å². The van der Waals surface area contributed by atoms with Crippen LogP contribution in [0.3, 0.4) is 0 Å². The first-order valence-corrected chi connectivity index (χ1v) is 13.8. The van der Waals surface area contributed by atoms with Crippen LogP contribution in [0.15, 0.2) is 54.6 Å². The number of benzene rings is 2. The summed E-state index contributed by atoms with van der Waals surface area (Å²) < 4.78 is 4.87. The number of nitrogens with zero attached hydrogens (tertiary/aromatic N) is 1. The maximum Gasteiger partial charge on any atom is 0.305 e. The molecule has 1 aromatic heterocycles. The average molecular weight is 530 g/mol. The molecular formula is C27H28ClNO4S2. The summed E-state index contributed by atoms with van der Waals surface area (Å²) in [6.45, 7) is 0. The predicted octanol–water partition coefficient (Wildman–Crippen LogP) is 7.34. The molecule has 0 spiro atoms. The zero-order chi connectivity index (χ0) is 25.0. The SMILES string of the molecule is COC(=O)CCCS[C@@H](SCCCC(=O)O)c1cccc(/C=C/c2ccc3ccc(Cl)cc3n2)c1. The van der Waals surface area contributed by atoms with Gasteiger partial charge in [0, 0.05) is 23.3 Å². The lowest BCUT2D eigenvalue weighted by Gasteiger charge is -2.17. The minimum Gasteiger partial charge on any atom is -0.481 e. The Morgan fingerprint density at radius 2 is 1.77 bits per heavy atom. The Morgan fingerprint density at radius 3 is 2.51 bits per heavy atom. The van der Waals surface area contributed by atoms with E-state index in [2.05, 4.69) is 17.1 Å². The highest BCUT2D eigenvalue weighted by Crippen LogP contribution is 2.40. The van der Waals surface area contributed by atoms with Gasteiger partial charge in [0.05, 0.1) is 22.9 Å². The summed E-state index contributed by atoms with van der Waals surface area (Å²) in [5.41, 5.74) is 3.92. The number of hydrogen-bond acceptors (Lipinski definition) is 6. The fourth-order valence-corrected chi connectivity index (χ4v) is 6.21. The molecule has 5 nitrogen and oxygen atoms in total. The van der Waals surface area contributed by atoms with Gasteiger partial charge in [0.2, 0.25) is 0 Å². The van der Waals surface area contributed by atoms with Gasteiger partial charge >= 0.3 is 11.9 Å². The lowest BCUT2D eigenvalue weighted by Crippen LogP contribution is -2.01. The number of carboxylic acid groups (broad SMARTS) is 1. The van der Waals surface area contributed by atoms with E-state index in [0.29, 0.717) is 17.9 Å². The molecule has 0 radical (unpaired) electrons. The molecule has 1 atom stereocenters. The predicted molar refractivity (Wildman–Crippen MR) is 148 cm³/mol. The molecule has 0 saturated heterocycles. The molecule has 0 aliphatic rings. The van der Waals surface area contributed by atoms with Crippen LogP contribution in [0.1, 0.15) is 47.1 Å². The zero-order valence-corrected chi connectivity index (χ0v) is 21.9. The van der Waals surface area contributed by atoms with Crippen molar-refractivity contribution in [2.75, 3.05) is 18.6 Å². The van der Waals surface area contributed by atoms with Gasteiger partial charge in [-0.3, -0.25) is 9.59 Å². The van der Waals surface area contributed by atoms with Crippen LogP contribution in [0.25, 0.3) is 23.1 Å². The van der Waals surface area contributed by atoms with Crippen LogP contribution in [0.4, 0.5) is 0 Å². The van der Waals surface area contributed by atoms with E-state index in [1.807, 2.05) is 54.6 Å². The fraction of sp³-hybridized carbons (Fsp3) is 0.296. The van der Waals surface area contributed by atoms with Crippen LogP contribution in [-0.4, -0.2) is 40.6 Å². The third kappa shape index (κ3) is 9.24. The molecule has 0 amide bonds. The molecule has 0 bridgehead atoms. The third-order valence-corrected chi connectivity index (χ3v) is 8.38. The standard InChI is InChI=1S/C27H28ClNO4S2/c1-33-26(32)8-4-16-35-27(34-15-3-7-25(30)31)21-6-2-5-19(17-21)9-13-23-14-11-20-10-12-22(28)18-24(20)29-23/h2,5-6,9-14,17-18,27H,3-4,7-8,15-16H2,1H3,(H,30,31)/b13-9+/t27-/m1/s1. The fourth-order valence-electron chi connectivity index (χ4n) is 3.35. The van der Waals surface area contributed by atoms with Gasteiger partial charge in [0.1, 0.15) is 0 Å². The van der Waals surface area contributed by atoms with Gasteiger partial charge in [-0.25, -0.2) is 4.98 Å². The minimum absolute atomic E-state index is 0.149. The molecule has 0 unspecified atom stereocenters. The number of aromatic nitrogens is 1. The lowest BCUT2D eigenvalue weighted by molar-refractivity contribution is -0.140. The number of halogens is 1. The van der Waals surface area contributed by atoms with E-state index in [1.165, 1.54) is 7.11 Å². The highest BCUT2D eigenvalue weighted by atomic mass is 35.5. The number of carboxylic acids is 1. The highest BCUT2D eigenvalue weighted by molar-refractivity contribution is 8.16. The second-order valence-corrected chi connectivity index (χ2v) is 11.0. The number of esters is 1. The van der Waals surface area contributed by atoms with Crippen LogP contribution in [0.5, 0.6) is 0 Å². The number of pyridine rings is 1. The number of thioether (sulfide) groups is 2. The number of hydrogen-bond donors (Lipinski definition) is 1. The first kappa shape index (κ1) is 27.1. The van der Waals surface area contributed by atoms with E-state index < -0.39 is 5.97 Å². The Balaban J connectivity index is 1.70. The first-order valence-electron chi connectivity index (χ1n) is 11.3. The molecule has 0 saturated carbocycles. The molecule has 8 heteroatoms. The van der Waals surface area contributed by atoms with Crippen molar-refractivity contribution in [3.8, 4) is 0 Å². The summed E-state index contributed by atoms with van der Waals surface area (Å²) in [7, 11) is 1.40. The Bertz CT molecular complexity index is 1180. The molecule has 0 aliphatic carbocycles. The van der Waals surface area contributed by atoms with Crippen molar-refractivity contribution < 1.29 is 19.4 Å². The maximum absolute atomic E-state index is 11.4. The van der Waals surface area contributed by atoms with E-state index in [0.717, 1.165) is 45.7 Å². The van der Waals surface area contributed by atoms with E-state index in [9.17, 15) is 9.59 Å². The zero-order valence-electron chi connectivity index (χ0n) is 19.5. The average Bonchev–Trinajstić information content (AvgIpc) is 2.86. The van der Waals surface area contributed by atoms with Crippen LogP contribution < -0.4 is 0 Å². The van der Waals surface area contributed by atoms with Crippen molar-refractivity contribution >= 4 is 70.1 Å². The summed E-state index contributed by atoms with van der Waals surface area (Å²) >= 11 is 9.62. The number of aliphatic carboxylic acids is 1. The number of methoxy groups -OCH3 is 1. The van der Waals surface area contributed by atoms with Gasteiger partial charge in [0.25, 0.3) is 0 Å². The van der Waals surface area contributed by atoms with Gasteiger partial charge in [0.15, 0.2) is 0 Å². The number of carbonyl (C=O) groups is 2. The normalized spacial score (nSPS) is 12.2. The topological polar surface area (TPSA) is 76.5 Å². The molecule has 1 heterocycles. The molecule has 0 fully saturated rings. The smallest absolute Gasteiger partial charge is 0.305 e. The lowest BCUT2D eigenvalue weighted by atomic mass is 10.1. The first-order chi connectivity index (χ1) is 16.9. The van der Waals surface area contributed by atoms with E-state index in [4.69, 9.17) is 21.4 Å². The van der Waals surface area contributed by atoms with E-state index in [1.54, 1.807) is 23.5 Å². The van der Waals surface area contributed by atoms with E-state index >= 15 is 0 Å². The molecule has 0 aliphatic heterocycles. The van der Waals surface area contributed by atoms with E-state index in [-0.39, 0.29) is 17.0 Å². The van der Waals surface area contributed by atoms with Gasteiger partial charge < -0.3 is 9.84 Å². The summed E-state index contributed by atoms with van der Waals surface area (Å²) in [5.74, 6) is 0.595. The number of carbonyl (C=O) groups excluding carboxylic acids is 1. The summed E-state index contributed by atoms with van der Waals surface area (Å²) in [6.07, 6.45) is 5.94. The van der Waals surface area contributed by atoms with Crippen molar-refractivity contribution in [2.24, 2.45) is 0 Å². The van der Waals surface area contributed by atoms with Crippen LogP contribution >= 0.6 is 35.1 Å². The number of fused-ring (bicyclic) bond motifs is 1. The molecular weight excluding hydrogens is 502 g/mol.